The van der Waals surface area contributed by atoms with E-state index in [0.717, 1.165) is 5.56 Å². The third-order valence-electron chi connectivity index (χ3n) is 4.33. The largest absolute Gasteiger partial charge is 0.491 e. The lowest BCUT2D eigenvalue weighted by Crippen LogP contribution is -2.16. The van der Waals surface area contributed by atoms with E-state index < -0.39 is 11.6 Å². The maximum atomic E-state index is 14.3. The molecule has 0 N–H and O–H groups in total. The van der Waals surface area contributed by atoms with Gasteiger partial charge in [0.15, 0.2) is 17.3 Å². The summed E-state index contributed by atoms with van der Waals surface area (Å²) in [5.74, 6) is -2.51. The number of carbonyl (C=O) groups excluding carboxylic acids is 1. The molecule has 0 spiro atoms. The Kier molecular flexibility index (Phi) is 5.19. The molecule has 1 unspecified atom stereocenters. The van der Waals surface area contributed by atoms with Crippen LogP contribution in [0.5, 0.6) is 5.75 Å². The lowest BCUT2D eigenvalue weighted by atomic mass is 9.81. The third kappa shape index (κ3) is 3.59. The van der Waals surface area contributed by atoms with Crippen molar-refractivity contribution < 1.29 is 18.3 Å². The molecule has 2 aromatic carbocycles. The van der Waals surface area contributed by atoms with Gasteiger partial charge in [-0.1, -0.05) is 23.7 Å². The molecule has 5 heteroatoms. The first-order valence-corrected chi connectivity index (χ1v) is 8.50. The van der Waals surface area contributed by atoms with E-state index >= 15 is 0 Å². The number of benzene rings is 2. The van der Waals surface area contributed by atoms with Gasteiger partial charge in [0.1, 0.15) is 0 Å². The molecule has 0 aromatic heterocycles. The highest BCUT2D eigenvalue weighted by atomic mass is 35.5. The minimum Gasteiger partial charge on any atom is -0.491 e. The average Bonchev–Trinajstić information content (AvgIpc) is 2.60. The predicted molar refractivity (Wildman–Crippen MR) is 93.9 cm³/mol. The van der Waals surface area contributed by atoms with E-state index in [1.54, 1.807) is 19.1 Å². The van der Waals surface area contributed by atoms with Crippen LogP contribution in [0.15, 0.2) is 42.5 Å². The lowest BCUT2D eigenvalue weighted by molar-refractivity contribution is -0.116. The van der Waals surface area contributed by atoms with E-state index in [1.165, 1.54) is 18.2 Å². The Morgan fingerprint density at radius 1 is 1.12 bits per heavy atom. The highest BCUT2D eigenvalue weighted by Gasteiger charge is 2.26. The maximum Gasteiger partial charge on any atom is 0.201 e. The molecule has 0 saturated carbocycles. The predicted octanol–water partition coefficient (Wildman–Crippen LogP) is 5.55. The number of carbonyl (C=O) groups is 1. The first-order valence-electron chi connectivity index (χ1n) is 8.12. The molecule has 25 heavy (non-hydrogen) atoms. The molecule has 2 nitrogen and oxygen atoms in total. The van der Waals surface area contributed by atoms with Gasteiger partial charge in [-0.3, -0.25) is 4.79 Å². The number of rotatable bonds is 4. The molecule has 1 aliphatic carbocycles. The van der Waals surface area contributed by atoms with Gasteiger partial charge >= 0.3 is 0 Å². The summed E-state index contributed by atoms with van der Waals surface area (Å²) in [6.45, 7) is 1.95. The molecule has 0 bridgehead atoms. The minimum atomic E-state index is -1.02. The fourth-order valence-electron chi connectivity index (χ4n) is 3.07. The van der Waals surface area contributed by atoms with Crippen LogP contribution in [-0.2, 0) is 4.79 Å². The summed E-state index contributed by atoms with van der Waals surface area (Å²) >= 11 is 5.87. The summed E-state index contributed by atoms with van der Waals surface area (Å²) in [5.41, 5.74) is 1.50. The molecule has 3 rings (SSSR count). The molecule has 0 saturated heterocycles. The number of hydrogen-bond acceptors (Lipinski definition) is 2. The summed E-state index contributed by atoms with van der Waals surface area (Å²) < 4.78 is 33.4. The van der Waals surface area contributed by atoms with Crippen molar-refractivity contribution in [2.45, 2.75) is 25.7 Å². The molecule has 0 amide bonds. The summed E-state index contributed by atoms with van der Waals surface area (Å²) in [7, 11) is 0. The Morgan fingerprint density at radius 2 is 1.84 bits per heavy atom. The highest BCUT2D eigenvalue weighted by Crippen LogP contribution is 2.36. The fourth-order valence-corrected chi connectivity index (χ4v) is 3.20. The molecule has 0 fully saturated rings. The summed E-state index contributed by atoms with van der Waals surface area (Å²) in [4.78, 5) is 12.5. The first-order chi connectivity index (χ1) is 12.0. The smallest absolute Gasteiger partial charge is 0.201 e. The van der Waals surface area contributed by atoms with E-state index in [0.29, 0.717) is 23.4 Å². The van der Waals surface area contributed by atoms with Crippen LogP contribution in [0.3, 0.4) is 0 Å². The van der Waals surface area contributed by atoms with E-state index in [9.17, 15) is 13.6 Å². The molecule has 1 aliphatic rings. The lowest BCUT2D eigenvalue weighted by Gasteiger charge is -2.22. The summed E-state index contributed by atoms with van der Waals surface area (Å²) in [5, 5.41) is 0.607. The monoisotopic (exact) mass is 362 g/mol. The zero-order valence-corrected chi connectivity index (χ0v) is 14.4. The number of hydrogen-bond donors (Lipinski definition) is 0. The van der Waals surface area contributed by atoms with Crippen LogP contribution >= 0.6 is 11.6 Å². The third-order valence-corrected chi connectivity index (χ3v) is 4.58. The second kappa shape index (κ2) is 7.36. The topological polar surface area (TPSA) is 26.3 Å². The van der Waals surface area contributed by atoms with Gasteiger partial charge in [-0.15, -0.1) is 0 Å². The van der Waals surface area contributed by atoms with Crippen molar-refractivity contribution in [2.75, 3.05) is 6.61 Å². The molecule has 0 radical (unpaired) electrons. The Morgan fingerprint density at radius 3 is 2.48 bits per heavy atom. The van der Waals surface area contributed by atoms with Gasteiger partial charge in [-0.05, 0) is 61.2 Å². The Bertz CT molecular complexity index is 828. The molecule has 130 valence electrons. The molecule has 0 heterocycles. The van der Waals surface area contributed by atoms with E-state index in [4.69, 9.17) is 16.3 Å². The number of ketones is 1. The van der Waals surface area contributed by atoms with Crippen LogP contribution in [0.4, 0.5) is 8.78 Å². The first kappa shape index (κ1) is 17.6. The molecule has 0 aliphatic heterocycles. The quantitative estimate of drug-likeness (QED) is 0.713. The van der Waals surface area contributed by atoms with E-state index in [2.05, 4.69) is 0 Å². The van der Waals surface area contributed by atoms with Gasteiger partial charge in [0.25, 0.3) is 0 Å². The van der Waals surface area contributed by atoms with Crippen molar-refractivity contribution >= 4 is 23.0 Å². The van der Waals surface area contributed by atoms with Crippen LogP contribution in [0.2, 0.25) is 5.02 Å². The number of ether oxygens (including phenoxy) is 1. The van der Waals surface area contributed by atoms with Crippen molar-refractivity contribution in [1.29, 1.82) is 0 Å². The van der Waals surface area contributed by atoms with Crippen LogP contribution in [0, 0.1) is 11.6 Å². The fraction of sp³-hybridized carbons (Fsp3) is 0.250. The van der Waals surface area contributed by atoms with Gasteiger partial charge in [-0.2, -0.15) is 4.39 Å². The van der Waals surface area contributed by atoms with Gasteiger partial charge in [0.2, 0.25) is 5.82 Å². The average molecular weight is 363 g/mol. The summed E-state index contributed by atoms with van der Waals surface area (Å²) in [6, 6.07) is 9.98. The van der Waals surface area contributed by atoms with Crippen molar-refractivity contribution in [2.24, 2.45) is 0 Å². The Balaban J connectivity index is 1.88. The zero-order valence-electron chi connectivity index (χ0n) is 13.7. The van der Waals surface area contributed by atoms with Gasteiger partial charge in [0, 0.05) is 16.5 Å². The molecule has 1 atom stereocenters. The Labute approximate surface area is 150 Å². The van der Waals surface area contributed by atoms with Crippen molar-refractivity contribution in [3.63, 3.8) is 0 Å². The van der Waals surface area contributed by atoms with Crippen LogP contribution in [0.25, 0.3) is 5.57 Å². The SMILES string of the molecule is CCOc1ccc(C2=CC(=O)C(c3ccc(Cl)cc3)CC2)c(F)c1F. The highest BCUT2D eigenvalue weighted by molar-refractivity contribution is 6.30. The van der Waals surface area contributed by atoms with Crippen LogP contribution in [0.1, 0.15) is 36.8 Å². The van der Waals surface area contributed by atoms with Crippen molar-refractivity contribution in [1.82, 2.24) is 0 Å². The maximum absolute atomic E-state index is 14.3. The standard InChI is InChI=1S/C20H17ClF2O2/c1-2-25-18-10-9-16(19(22)20(18)23)13-5-8-15(17(24)11-13)12-3-6-14(21)7-4-12/h3-4,6-7,9-11,15H,2,5,8H2,1H3. The normalized spacial score (nSPS) is 17.4. The Hall–Kier alpha value is -2.20. The van der Waals surface area contributed by atoms with E-state index in [-0.39, 0.29) is 29.6 Å². The number of halogens is 3. The second-order valence-corrected chi connectivity index (χ2v) is 6.32. The number of allylic oxidation sites excluding steroid dienone is 2. The molecule has 2 aromatic rings. The second-order valence-electron chi connectivity index (χ2n) is 5.89. The summed E-state index contributed by atoms with van der Waals surface area (Å²) in [6.07, 6.45) is 2.45. The van der Waals surface area contributed by atoms with Crippen LogP contribution < -0.4 is 4.74 Å². The zero-order chi connectivity index (χ0) is 18.0. The van der Waals surface area contributed by atoms with Gasteiger partial charge in [-0.25, -0.2) is 4.39 Å². The molecular weight excluding hydrogens is 346 g/mol. The van der Waals surface area contributed by atoms with E-state index in [1.807, 2.05) is 12.1 Å². The minimum absolute atomic E-state index is 0.114. The van der Waals surface area contributed by atoms with Gasteiger partial charge < -0.3 is 4.74 Å². The molecular formula is C20H17ClF2O2. The van der Waals surface area contributed by atoms with Crippen LogP contribution in [-0.4, -0.2) is 12.4 Å². The van der Waals surface area contributed by atoms with Crippen molar-refractivity contribution in [3.05, 3.63) is 70.3 Å². The van der Waals surface area contributed by atoms with Crippen molar-refractivity contribution in [3.8, 4) is 5.75 Å². The van der Waals surface area contributed by atoms with Gasteiger partial charge in [0.05, 0.1) is 6.61 Å².